The minimum Gasteiger partial charge on any atom is -0.365 e. The van der Waals surface area contributed by atoms with Crippen molar-refractivity contribution in [3.8, 4) is 0 Å². The summed E-state index contributed by atoms with van der Waals surface area (Å²) in [5.74, 6) is -0.241. The smallest absolute Gasteiger partial charge is 0.251 e. The van der Waals surface area contributed by atoms with Gasteiger partial charge in [-0.15, -0.1) is 22.7 Å². The molecule has 2 aromatic rings. The van der Waals surface area contributed by atoms with Gasteiger partial charge in [0.15, 0.2) is 5.78 Å². The normalized spacial score (nSPS) is 16.3. The van der Waals surface area contributed by atoms with E-state index in [0.717, 1.165) is 29.7 Å². The van der Waals surface area contributed by atoms with Crippen LogP contribution in [-0.4, -0.2) is 17.6 Å². The van der Waals surface area contributed by atoms with Gasteiger partial charge in [0.25, 0.3) is 5.91 Å². The molecular formula is C18H20N2O3S2. The molecule has 0 fully saturated rings. The van der Waals surface area contributed by atoms with E-state index in [9.17, 15) is 14.4 Å². The number of thiophene rings is 2. The molecule has 1 atom stereocenters. The third-order valence-corrected chi connectivity index (χ3v) is 6.47. The summed E-state index contributed by atoms with van der Waals surface area (Å²) in [5.41, 5.74) is 6.98. The van der Waals surface area contributed by atoms with E-state index in [4.69, 9.17) is 5.73 Å². The number of primary amides is 1. The monoisotopic (exact) mass is 376 g/mol. The van der Waals surface area contributed by atoms with Crippen LogP contribution >= 0.6 is 22.7 Å². The Hall–Kier alpha value is -1.99. The Morgan fingerprint density at radius 2 is 2.12 bits per heavy atom. The molecule has 2 aromatic heterocycles. The summed E-state index contributed by atoms with van der Waals surface area (Å²) in [4.78, 5) is 37.9. The highest BCUT2D eigenvalue weighted by atomic mass is 32.1. The van der Waals surface area contributed by atoms with E-state index in [1.165, 1.54) is 22.7 Å². The summed E-state index contributed by atoms with van der Waals surface area (Å²) in [6.07, 6.45) is 2.99. The Morgan fingerprint density at radius 1 is 1.32 bits per heavy atom. The SMILES string of the molecule is CC1CCc2c(sc(NC(=O)CCC(=O)c3cccs3)c2C(N)=O)C1. The summed E-state index contributed by atoms with van der Waals surface area (Å²) in [7, 11) is 0. The quantitative estimate of drug-likeness (QED) is 0.754. The summed E-state index contributed by atoms with van der Waals surface area (Å²) in [6.45, 7) is 2.18. The van der Waals surface area contributed by atoms with E-state index in [1.807, 2.05) is 11.4 Å². The molecule has 132 valence electrons. The van der Waals surface area contributed by atoms with Gasteiger partial charge in [0.05, 0.1) is 10.4 Å². The van der Waals surface area contributed by atoms with E-state index >= 15 is 0 Å². The fourth-order valence-electron chi connectivity index (χ4n) is 3.08. The molecule has 0 radical (unpaired) electrons. The second-order valence-corrected chi connectivity index (χ2v) is 8.42. The number of nitrogens with two attached hydrogens (primary N) is 1. The van der Waals surface area contributed by atoms with Gasteiger partial charge in [-0.1, -0.05) is 13.0 Å². The molecule has 7 heteroatoms. The Labute approximate surface area is 154 Å². The van der Waals surface area contributed by atoms with Crippen molar-refractivity contribution >= 4 is 45.3 Å². The number of rotatable bonds is 6. The van der Waals surface area contributed by atoms with Crippen LogP contribution < -0.4 is 11.1 Å². The van der Waals surface area contributed by atoms with Crippen molar-refractivity contribution in [1.29, 1.82) is 0 Å². The van der Waals surface area contributed by atoms with Crippen molar-refractivity contribution in [2.75, 3.05) is 5.32 Å². The first-order chi connectivity index (χ1) is 12.0. The van der Waals surface area contributed by atoms with Gasteiger partial charge in [0, 0.05) is 17.7 Å². The van der Waals surface area contributed by atoms with Crippen LogP contribution in [0.15, 0.2) is 17.5 Å². The van der Waals surface area contributed by atoms with E-state index in [-0.39, 0.29) is 24.5 Å². The van der Waals surface area contributed by atoms with Crippen LogP contribution in [0.25, 0.3) is 0 Å². The minimum absolute atomic E-state index is 0.0421. The average Bonchev–Trinajstić information content (AvgIpc) is 3.19. The van der Waals surface area contributed by atoms with Crippen LogP contribution in [0.4, 0.5) is 5.00 Å². The maximum Gasteiger partial charge on any atom is 0.251 e. The third kappa shape index (κ3) is 3.99. The zero-order valence-corrected chi connectivity index (χ0v) is 15.6. The van der Waals surface area contributed by atoms with E-state index < -0.39 is 5.91 Å². The fraction of sp³-hybridized carbons (Fsp3) is 0.389. The molecule has 1 aliphatic rings. The molecule has 0 bridgehead atoms. The summed E-state index contributed by atoms with van der Waals surface area (Å²) in [5, 5.41) is 5.16. The van der Waals surface area contributed by atoms with Crippen molar-refractivity contribution in [1.82, 2.24) is 0 Å². The second-order valence-electron chi connectivity index (χ2n) is 6.37. The standard InChI is InChI=1S/C18H20N2O3S2/c1-10-4-5-11-14(9-10)25-18(16(11)17(19)23)20-15(22)7-6-12(21)13-3-2-8-24-13/h2-3,8,10H,4-7,9H2,1H3,(H2,19,23)(H,20,22). The summed E-state index contributed by atoms with van der Waals surface area (Å²) >= 11 is 2.81. The Kier molecular flexibility index (Phi) is 5.34. The van der Waals surface area contributed by atoms with Gasteiger partial charge in [-0.3, -0.25) is 14.4 Å². The van der Waals surface area contributed by atoms with Gasteiger partial charge < -0.3 is 11.1 Å². The number of anilines is 1. The van der Waals surface area contributed by atoms with E-state index in [1.54, 1.807) is 6.07 Å². The highest BCUT2D eigenvalue weighted by molar-refractivity contribution is 7.17. The van der Waals surface area contributed by atoms with Gasteiger partial charge in [0.1, 0.15) is 5.00 Å². The van der Waals surface area contributed by atoms with E-state index in [0.29, 0.717) is 21.4 Å². The topological polar surface area (TPSA) is 89.3 Å². The van der Waals surface area contributed by atoms with Gasteiger partial charge in [0.2, 0.25) is 5.91 Å². The number of hydrogen-bond donors (Lipinski definition) is 2. The first kappa shape index (κ1) is 17.8. The largest absolute Gasteiger partial charge is 0.365 e. The van der Waals surface area contributed by atoms with Crippen molar-refractivity contribution in [2.24, 2.45) is 11.7 Å². The first-order valence-corrected chi connectivity index (χ1v) is 9.96. The molecular weight excluding hydrogens is 356 g/mol. The lowest BCUT2D eigenvalue weighted by Crippen LogP contribution is -2.19. The van der Waals surface area contributed by atoms with Crippen LogP contribution in [0.2, 0.25) is 0 Å². The van der Waals surface area contributed by atoms with Crippen LogP contribution in [0.5, 0.6) is 0 Å². The Morgan fingerprint density at radius 3 is 2.80 bits per heavy atom. The number of ketones is 1. The molecule has 0 spiro atoms. The van der Waals surface area contributed by atoms with E-state index in [2.05, 4.69) is 12.2 Å². The number of carbonyl (C=O) groups is 3. The molecule has 0 aliphatic heterocycles. The minimum atomic E-state index is -0.503. The average molecular weight is 377 g/mol. The van der Waals surface area contributed by atoms with Gasteiger partial charge in [-0.2, -0.15) is 0 Å². The highest BCUT2D eigenvalue weighted by Crippen LogP contribution is 2.39. The lowest BCUT2D eigenvalue weighted by molar-refractivity contribution is -0.116. The Balaban J connectivity index is 1.69. The molecule has 3 rings (SSSR count). The zero-order valence-electron chi connectivity index (χ0n) is 14.0. The van der Waals surface area contributed by atoms with Crippen molar-refractivity contribution in [3.63, 3.8) is 0 Å². The Bertz CT molecular complexity index is 809. The molecule has 2 heterocycles. The predicted molar refractivity (Wildman–Crippen MR) is 101 cm³/mol. The van der Waals surface area contributed by atoms with Crippen molar-refractivity contribution in [2.45, 2.75) is 39.0 Å². The second kappa shape index (κ2) is 7.49. The number of nitrogens with one attached hydrogen (secondary N) is 1. The molecule has 5 nitrogen and oxygen atoms in total. The van der Waals surface area contributed by atoms with Gasteiger partial charge in [-0.25, -0.2) is 0 Å². The van der Waals surface area contributed by atoms with Crippen LogP contribution in [0.3, 0.4) is 0 Å². The van der Waals surface area contributed by atoms with Crippen LogP contribution in [-0.2, 0) is 17.6 Å². The zero-order chi connectivity index (χ0) is 18.0. The molecule has 0 aromatic carbocycles. The summed E-state index contributed by atoms with van der Waals surface area (Å²) in [6, 6.07) is 3.57. The van der Waals surface area contributed by atoms with Crippen LogP contribution in [0.1, 0.15) is 56.7 Å². The molecule has 25 heavy (non-hydrogen) atoms. The maximum absolute atomic E-state index is 12.2. The molecule has 2 amide bonds. The van der Waals surface area contributed by atoms with Gasteiger partial charge >= 0.3 is 0 Å². The number of amides is 2. The predicted octanol–water partition coefficient (Wildman–Crippen LogP) is 3.63. The van der Waals surface area contributed by atoms with Crippen molar-refractivity contribution < 1.29 is 14.4 Å². The lowest BCUT2D eigenvalue weighted by atomic mass is 9.88. The first-order valence-electron chi connectivity index (χ1n) is 8.26. The maximum atomic E-state index is 12.2. The highest BCUT2D eigenvalue weighted by Gasteiger charge is 2.27. The summed E-state index contributed by atoms with van der Waals surface area (Å²) < 4.78 is 0. The number of fused-ring (bicyclic) bond motifs is 1. The lowest BCUT2D eigenvalue weighted by Gasteiger charge is -2.18. The third-order valence-electron chi connectivity index (χ3n) is 4.39. The van der Waals surface area contributed by atoms with Gasteiger partial charge in [-0.05, 0) is 42.2 Å². The molecule has 0 saturated carbocycles. The molecule has 0 saturated heterocycles. The number of hydrogen-bond acceptors (Lipinski definition) is 5. The number of carbonyl (C=O) groups excluding carboxylic acids is 3. The molecule has 3 N–H and O–H groups in total. The molecule has 1 aliphatic carbocycles. The molecule has 1 unspecified atom stereocenters. The van der Waals surface area contributed by atoms with Crippen LogP contribution in [0, 0.1) is 5.92 Å². The fourth-order valence-corrected chi connectivity index (χ4v) is 5.20. The number of Topliss-reactive ketones (excluding diaryl/α,β-unsaturated/α-hetero) is 1. The van der Waals surface area contributed by atoms with Crippen molar-refractivity contribution in [3.05, 3.63) is 38.4 Å².